The van der Waals surface area contributed by atoms with E-state index in [0.717, 1.165) is 35.2 Å². The molecule has 3 rings (SSSR count). The summed E-state index contributed by atoms with van der Waals surface area (Å²) < 4.78 is 6.88. The number of rotatable bonds is 6. The van der Waals surface area contributed by atoms with E-state index in [1.54, 1.807) is 11.7 Å². The summed E-state index contributed by atoms with van der Waals surface area (Å²) in [5.41, 5.74) is 11.7. The van der Waals surface area contributed by atoms with Gasteiger partial charge in [0.05, 0.1) is 24.3 Å². The minimum absolute atomic E-state index is 0.125. The van der Waals surface area contributed by atoms with Crippen molar-refractivity contribution < 1.29 is 4.74 Å². The molecule has 0 amide bonds. The number of nitrogens with two attached hydrogens (primary N) is 1. The standard InChI is InChI=1S/C22H27N3O2/c1-5-16-9-12-20-21(18(16)6-2)24-19(22(26)25(20)14(3)23)13-15-7-10-17(27-4)11-8-15/h7-12,14H,5-6,13,23H2,1-4H3. The van der Waals surface area contributed by atoms with Gasteiger partial charge in [0, 0.05) is 6.42 Å². The Morgan fingerprint density at radius 1 is 1.11 bits per heavy atom. The van der Waals surface area contributed by atoms with Gasteiger partial charge in [-0.3, -0.25) is 9.36 Å². The lowest BCUT2D eigenvalue weighted by Gasteiger charge is -2.18. The smallest absolute Gasteiger partial charge is 0.274 e. The van der Waals surface area contributed by atoms with Crippen molar-refractivity contribution >= 4 is 11.0 Å². The predicted molar refractivity (Wildman–Crippen MR) is 109 cm³/mol. The molecule has 1 aromatic heterocycles. The van der Waals surface area contributed by atoms with E-state index in [2.05, 4.69) is 19.9 Å². The van der Waals surface area contributed by atoms with Crippen molar-refractivity contribution in [3.05, 3.63) is 69.1 Å². The van der Waals surface area contributed by atoms with E-state index in [-0.39, 0.29) is 5.56 Å². The molecule has 0 radical (unpaired) electrons. The summed E-state index contributed by atoms with van der Waals surface area (Å²) >= 11 is 0. The first-order valence-corrected chi connectivity index (χ1v) is 9.44. The normalized spacial score (nSPS) is 12.3. The molecule has 5 nitrogen and oxygen atoms in total. The van der Waals surface area contributed by atoms with E-state index >= 15 is 0 Å². The first-order valence-electron chi connectivity index (χ1n) is 9.44. The van der Waals surface area contributed by atoms with Crippen LogP contribution in [0.3, 0.4) is 0 Å². The van der Waals surface area contributed by atoms with E-state index in [9.17, 15) is 4.79 Å². The molecule has 0 fully saturated rings. The van der Waals surface area contributed by atoms with Crippen molar-refractivity contribution in [3.8, 4) is 5.75 Å². The summed E-state index contributed by atoms with van der Waals surface area (Å²) in [6.45, 7) is 6.09. The number of aromatic nitrogens is 2. The average Bonchev–Trinajstić information content (AvgIpc) is 2.68. The molecular weight excluding hydrogens is 338 g/mol. The highest BCUT2D eigenvalue weighted by Gasteiger charge is 2.17. The van der Waals surface area contributed by atoms with Gasteiger partial charge in [-0.2, -0.15) is 0 Å². The number of ether oxygens (including phenoxy) is 1. The van der Waals surface area contributed by atoms with Crippen LogP contribution in [0, 0.1) is 0 Å². The number of hydrogen-bond donors (Lipinski definition) is 1. The fourth-order valence-electron chi connectivity index (χ4n) is 3.60. The van der Waals surface area contributed by atoms with Crippen LogP contribution >= 0.6 is 0 Å². The van der Waals surface area contributed by atoms with E-state index in [1.807, 2.05) is 37.3 Å². The SMILES string of the molecule is CCc1ccc2c(nc(Cc3ccc(OC)cc3)c(=O)n2C(C)N)c1CC. The molecule has 3 aromatic rings. The van der Waals surface area contributed by atoms with Crippen LogP contribution in [-0.4, -0.2) is 16.7 Å². The Morgan fingerprint density at radius 3 is 2.37 bits per heavy atom. The van der Waals surface area contributed by atoms with Gasteiger partial charge in [0.1, 0.15) is 11.4 Å². The lowest BCUT2D eigenvalue weighted by Crippen LogP contribution is -2.32. The Morgan fingerprint density at radius 2 is 1.81 bits per heavy atom. The van der Waals surface area contributed by atoms with Gasteiger partial charge in [0.2, 0.25) is 0 Å². The molecule has 5 heteroatoms. The van der Waals surface area contributed by atoms with Gasteiger partial charge in [-0.15, -0.1) is 0 Å². The Bertz CT molecular complexity index is 1000. The number of nitrogens with zero attached hydrogens (tertiary/aromatic N) is 2. The first-order chi connectivity index (χ1) is 13.0. The summed E-state index contributed by atoms with van der Waals surface area (Å²) in [6, 6.07) is 11.8. The highest BCUT2D eigenvalue weighted by atomic mass is 16.5. The van der Waals surface area contributed by atoms with Crippen LogP contribution in [0.2, 0.25) is 0 Å². The van der Waals surface area contributed by atoms with Crippen molar-refractivity contribution in [1.82, 2.24) is 9.55 Å². The topological polar surface area (TPSA) is 70.1 Å². The van der Waals surface area contributed by atoms with Crippen molar-refractivity contribution in [1.29, 1.82) is 0 Å². The van der Waals surface area contributed by atoms with Gasteiger partial charge in [0.25, 0.3) is 5.56 Å². The second-order valence-electron chi connectivity index (χ2n) is 6.78. The third kappa shape index (κ3) is 3.60. The maximum atomic E-state index is 13.1. The lowest BCUT2D eigenvalue weighted by molar-refractivity contribution is 0.414. The fraction of sp³-hybridized carbons (Fsp3) is 0.364. The molecule has 0 aliphatic rings. The Hall–Kier alpha value is -2.66. The zero-order chi connectivity index (χ0) is 19.6. The summed E-state index contributed by atoms with van der Waals surface area (Å²) in [5, 5.41) is 0. The number of aryl methyl sites for hydroxylation is 2. The third-order valence-corrected chi connectivity index (χ3v) is 5.00. The zero-order valence-electron chi connectivity index (χ0n) is 16.5. The van der Waals surface area contributed by atoms with Crippen LogP contribution in [0.25, 0.3) is 11.0 Å². The Balaban J connectivity index is 2.22. The van der Waals surface area contributed by atoms with E-state index in [4.69, 9.17) is 15.5 Å². The fourth-order valence-corrected chi connectivity index (χ4v) is 3.60. The third-order valence-electron chi connectivity index (χ3n) is 5.00. The van der Waals surface area contributed by atoms with Crippen LogP contribution in [0.4, 0.5) is 0 Å². The summed E-state index contributed by atoms with van der Waals surface area (Å²) in [7, 11) is 1.64. The predicted octanol–water partition coefficient (Wildman–Crippen LogP) is 3.60. The Labute approximate surface area is 159 Å². The minimum atomic E-state index is -0.421. The van der Waals surface area contributed by atoms with E-state index in [0.29, 0.717) is 12.1 Å². The monoisotopic (exact) mass is 365 g/mol. The van der Waals surface area contributed by atoms with Crippen LogP contribution in [0.5, 0.6) is 5.75 Å². The molecule has 0 aliphatic heterocycles. The van der Waals surface area contributed by atoms with Crippen molar-refractivity contribution in [2.24, 2.45) is 5.73 Å². The number of hydrogen-bond acceptors (Lipinski definition) is 4. The molecule has 0 bridgehead atoms. The maximum absolute atomic E-state index is 13.1. The number of fused-ring (bicyclic) bond motifs is 1. The molecule has 0 aliphatic carbocycles. The quantitative estimate of drug-likeness (QED) is 0.725. The van der Waals surface area contributed by atoms with Crippen LogP contribution in [-0.2, 0) is 19.3 Å². The molecule has 0 spiro atoms. The summed E-state index contributed by atoms with van der Waals surface area (Å²) in [4.78, 5) is 17.9. The van der Waals surface area contributed by atoms with Gasteiger partial charge < -0.3 is 10.5 Å². The molecule has 1 atom stereocenters. The average molecular weight is 365 g/mol. The molecule has 0 saturated heterocycles. The van der Waals surface area contributed by atoms with Crippen LogP contribution in [0.1, 0.15) is 49.3 Å². The number of methoxy groups -OCH3 is 1. The minimum Gasteiger partial charge on any atom is -0.497 e. The molecule has 1 unspecified atom stereocenters. The second-order valence-corrected chi connectivity index (χ2v) is 6.78. The maximum Gasteiger partial charge on any atom is 0.274 e. The van der Waals surface area contributed by atoms with Crippen molar-refractivity contribution in [3.63, 3.8) is 0 Å². The summed E-state index contributed by atoms with van der Waals surface area (Å²) in [5.74, 6) is 0.791. The van der Waals surface area contributed by atoms with E-state index in [1.165, 1.54) is 11.1 Å². The molecule has 2 aromatic carbocycles. The van der Waals surface area contributed by atoms with Gasteiger partial charge in [-0.25, -0.2) is 4.98 Å². The molecular formula is C22H27N3O2. The van der Waals surface area contributed by atoms with Crippen molar-refractivity contribution in [2.75, 3.05) is 7.11 Å². The Kier molecular flexibility index (Phi) is 5.61. The van der Waals surface area contributed by atoms with E-state index < -0.39 is 6.17 Å². The van der Waals surface area contributed by atoms with Gasteiger partial charge in [-0.1, -0.05) is 32.0 Å². The first kappa shape index (κ1) is 19.1. The van der Waals surface area contributed by atoms with Crippen LogP contribution in [0.15, 0.2) is 41.2 Å². The van der Waals surface area contributed by atoms with Gasteiger partial charge >= 0.3 is 0 Å². The molecule has 1 heterocycles. The summed E-state index contributed by atoms with van der Waals surface area (Å²) in [6.07, 6.45) is 1.85. The highest BCUT2D eigenvalue weighted by molar-refractivity contribution is 5.80. The molecule has 27 heavy (non-hydrogen) atoms. The largest absolute Gasteiger partial charge is 0.497 e. The van der Waals surface area contributed by atoms with Gasteiger partial charge in [0.15, 0.2) is 0 Å². The van der Waals surface area contributed by atoms with Crippen molar-refractivity contribution in [2.45, 2.75) is 46.2 Å². The highest BCUT2D eigenvalue weighted by Crippen LogP contribution is 2.23. The zero-order valence-corrected chi connectivity index (χ0v) is 16.5. The van der Waals surface area contributed by atoms with Gasteiger partial charge in [-0.05, 0) is 54.7 Å². The second kappa shape index (κ2) is 7.92. The molecule has 2 N–H and O–H groups in total. The molecule has 142 valence electrons. The number of benzene rings is 2. The molecule has 0 saturated carbocycles. The van der Waals surface area contributed by atoms with Crippen LogP contribution < -0.4 is 16.0 Å². The lowest BCUT2D eigenvalue weighted by atomic mass is 10.00.